The molecule has 0 spiro atoms. The Labute approximate surface area is 141 Å². The van der Waals surface area contributed by atoms with E-state index in [1.54, 1.807) is 0 Å². The number of benzene rings is 2. The first-order valence-electron chi connectivity index (χ1n) is 8.67. The fourth-order valence-corrected chi connectivity index (χ4v) is 2.96. The van der Waals surface area contributed by atoms with Crippen LogP contribution in [0.2, 0.25) is 0 Å². The van der Waals surface area contributed by atoms with Crippen LogP contribution in [-0.4, -0.2) is 6.61 Å². The van der Waals surface area contributed by atoms with Crippen LogP contribution in [0.4, 0.5) is 0 Å². The van der Waals surface area contributed by atoms with Gasteiger partial charge in [0.05, 0.1) is 6.61 Å². The predicted molar refractivity (Wildman–Crippen MR) is 98.7 cm³/mol. The van der Waals surface area contributed by atoms with Gasteiger partial charge in [0.2, 0.25) is 0 Å². The number of ether oxygens (including phenoxy) is 1. The molecule has 0 aromatic heterocycles. The second kappa shape index (κ2) is 8.31. The summed E-state index contributed by atoms with van der Waals surface area (Å²) >= 11 is 0. The van der Waals surface area contributed by atoms with Crippen LogP contribution in [0.25, 0.3) is 0 Å². The van der Waals surface area contributed by atoms with Crippen molar-refractivity contribution in [3.63, 3.8) is 0 Å². The topological polar surface area (TPSA) is 9.23 Å². The van der Waals surface area contributed by atoms with Crippen LogP contribution in [0.1, 0.15) is 50.8 Å². The fourth-order valence-electron chi connectivity index (χ4n) is 2.96. The van der Waals surface area contributed by atoms with E-state index in [0.29, 0.717) is 12.5 Å². The lowest BCUT2D eigenvalue weighted by atomic mass is 9.84. The summed E-state index contributed by atoms with van der Waals surface area (Å²) in [6.45, 7) is 10.6. The molecule has 0 fully saturated rings. The van der Waals surface area contributed by atoms with Crippen molar-refractivity contribution in [1.29, 1.82) is 0 Å². The zero-order valence-electron chi connectivity index (χ0n) is 15.0. The molecule has 1 nitrogen and oxygen atoms in total. The lowest BCUT2D eigenvalue weighted by Gasteiger charge is -2.23. The van der Waals surface area contributed by atoms with Crippen LogP contribution in [0, 0.1) is 5.92 Å². The maximum atomic E-state index is 5.96. The van der Waals surface area contributed by atoms with Crippen molar-refractivity contribution in [2.75, 3.05) is 6.61 Å². The summed E-state index contributed by atoms with van der Waals surface area (Å²) < 4.78 is 5.96. The first-order valence-corrected chi connectivity index (χ1v) is 8.67. The van der Waals surface area contributed by atoms with Crippen molar-refractivity contribution in [2.24, 2.45) is 5.92 Å². The van der Waals surface area contributed by atoms with E-state index in [9.17, 15) is 0 Å². The van der Waals surface area contributed by atoms with Gasteiger partial charge in [0.15, 0.2) is 0 Å². The van der Waals surface area contributed by atoms with E-state index in [2.05, 4.69) is 82.3 Å². The fraction of sp³-hybridized carbons (Fsp3) is 0.455. The van der Waals surface area contributed by atoms with Gasteiger partial charge in [0.25, 0.3) is 0 Å². The molecule has 0 saturated heterocycles. The molecule has 1 atom stereocenters. The molecule has 2 aromatic rings. The molecule has 0 radical (unpaired) electrons. The maximum Gasteiger partial charge on any atom is 0.0719 e. The van der Waals surface area contributed by atoms with Gasteiger partial charge in [0, 0.05) is 6.61 Å². The van der Waals surface area contributed by atoms with Gasteiger partial charge in [-0.15, -0.1) is 0 Å². The first kappa shape index (κ1) is 17.7. The van der Waals surface area contributed by atoms with E-state index < -0.39 is 0 Å². The minimum absolute atomic E-state index is 0.167. The van der Waals surface area contributed by atoms with Crippen LogP contribution in [0.15, 0.2) is 54.6 Å². The summed E-state index contributed by atoms with van der Waals surface area (Å²) in [4.78, 5) is 0. The summed E-state index contributed by atoms with van der Waals surface area (Å²) in [7, 11) is 0. The minimum atomic E-state index is 0.167. The van der Waals surface area contributed by atoms with Crippen molar-refractivity contribution in [3.8, 4) is 0 Å². The van der Waals surface area contributed by atoms with Gasteiger partial charge in [-0.1, -0.05) is 82.3 Å². The molecule has 1 heteroatoms. The van der Waals surface area contributed by atoms with E-state index >= 15 is 0 Å². The monoisotopic (exact) mass is 310 g/mol. The van der Waals surface area contributed by atoms with Gasteiger partial charge in [-0.05, 0) is 40.9 Å². The van der Waals surface area contributed by atoms with Gasteiger partial charge >= 0.3 is 0 Å². The largest absolute Gasteiger partial charge is 0.377 e. The van der Waals surface area contributed by atoms with Crippen molar-refractivity contribution in [1.82, 2.24) is 0 Å². The van der Waals surface area contributed by atoms with E-state index in [1.807, 2.05) is 0 Å². The van der Waals surface area contributed by atoms with Crippen LogP contribution >= 0.6 is 0 Å². The molecule has 23 heavy (non-hydrogen) atoms. The zero-order chi connectivity index (χ0) is 16.7. The standard InChI is InChI=1S/C22H30O/c1-18(16-19-10-6-5-7-11-19)14-15-23-17-20-12-8-9-13-21(20)22(2,3)4/h5-13,18H,14-17H2,1-4H3. The molecule has 124 valence electrons. The molecule has 2 aromatic carbocycles. The Balaban J connectivity index is 1.78. The highest BCUT2D eigenvalue weighted by Crippen LogP contribution is 2.26. The summed E-state index contributed by atoms with van der Waals surface area (Å²) in [5.74, 6) is 0.648. The number of rotatable bonds is 7. The van der Waals surface area contributed by atoms with Gasteiger partial charge in [-0.2, -0.15) is 0 Å². The quantitative estimate of drug-likeness (QED) is 0.590. The van der Waals surface area contributed by atoms with Gasteiger partial charge < -0.3 is 4.74 Å². The summed E-state index contributed by atoms with van der Waals surface area (Å²) in [5, 5.41) is 0. The highest BCUT2D eigenvalue weighted by Gasteiger charge is 2.17. The summed E-state index contributed by atoms with van der Waals surface area (Å²) in [6.07, 6.45) is 2.23. The van der Waals surface area contributed by atoms with Crippen molar-refractivity contribution in [2.45, 2.75) is 52.6 Å². The van der Waals surface area contributed by atoms with Gasteiger partial charge in [-0.3, -0.25) is 0 Å². The van der Waals surface area contributed by atoms with Gasteiger partial charge in [-0.25, -0.2) is 0 Å². The first-order chi connectivity index (χ1) is 11.0. The van der Waals surface area contributed by atoms with Crippen molar-refractivity contribution < 1.29 is 4.74 Å². The Morgan fingerprint density at radius 2 is 1.57 bits per heavy atom. The molecule has 0 aliphatic heterocycles. The molecule has 1 unspecified atom stereocenters. The Hall–Kier alpha value is -1.60. The van der Waals surface area contributed by atoms with Crippen LogP contribution in [0.3, 0.4) is 0 Å². The van der Waals surface area contributed by atoms with Crippen molar-refractivity contribution in [3.05, 3.63) is 71.3 Å². The molecule has 0 aliphatic carbocycles. The van der Waals surface area contributed by atoms with E-state index in [-0.39, 0.29) is 5.41 Å². The summed E-state index contributed by atoms with van der Waals surface area (Å²) in [6, 6.07) is 19.3. The second-order valence-corrected chi connectivity index (χ2v) is 7.54. The third kappa shape index (κ3) is 5.84. The Bertz CT molecular complexity index is 580. The van der Waals surface area contributed by atoms with Crippen LogP contribution in [0.5, 0.6) is 0 Å². The minimum Gasteiger partial charge on any atom is -0.377 e. The van der Waals surface area contributed by atoms with E-state index in [0.717, 1.165) is 19.4 Å². The van der Waals surface area contributed by atoms with Crippen LogP contribution in [-0.2, 0) is 23.2 Å². The average Bonchev–Trinajstić information content (AvgIpc) is 2.52. The molecule has 0 aliphatic rings. The third-order valence-corrected chi connectivity index (χ3v) is 4.26. The zero-order valence-corrected chi connectivity index (χ0v) is 15.0. The summed E-state index contributed by atoms with van der Waals surface area (Å²) in [5.41, 5.74) is 4.28. The molecule has 0 heterocycles. The Kier molecular flexibility index (Phi) is 6.41. The predicted octanol–water partition coefficient (Wildman–Crippen LogP) is 5.77. The lowest BCUT2D eigenvalue weighted by molar-refractivity contribution is 0.108. The van der Waals surface area contributed by atoms with Gasteiger partial charge in [0.1, 0.15) is 0 Å². The van der Waals surface area contributed by atoms with Crippen LogP contribution < -0.4 is 0 Å². The molecular weight excluding hydrogens is 280 g/mol. The molecule has 0 bridgehead atoms. The second-order valence-electron chi connectivity index (χ2n) is 7.54. The molecule has 2 rings (SSSR count). The Morgan fingerprint density at radius 1 is 0.913 bits per heavy atom. The van der Waals surface area contributed by atoms with Crippen molar-refractivity contribution >= 4 is 0 Å². The molecular formula is C22H30O. The molecule has 0 N–H and O–H groups in total. The highest BCUT2D eigenvalue weighted by atomic mass is 16.5. The Morgan fingerprint density at radius 3 is 2.26 bits per heavy atom. The smallest absolute Gasteiger partial charge is 0.0719 e. The SMILES string of the molecule is CC(CCOCc1ccccc1C(C)(C)C)Cc1ccccc1. The lowest BCUT2D eigenvalue weighted by Crippen LogP contribution is -2.15. The third-order valence-electron chi connectivity index (χ3n) is 4.26. The molecule has 0 saturated carbocycles. The highest BCUT2D eigenvalue weighted by molar-refractivity contribution is 5.32. The van der Waals surface area contributed by atoms with E-state index in [1.165, 1.54) is 16.7 Å². The number of hydrogen-bond acceptors (Lipinski definition) is 1. The maximum absolute atomic E-state index is 5.96. The normalized spacial score (nSPS) is 13.0. The number of hydrogen-bond donors (Lipinski definition) is 0. The van der Waals surface area contributed by atoms with E-state index in [4.69, 9.17) is 4.74 Å². The molecule has 0 amide bonds. The average molecular weight is 310 g/mol.